The molecule has 2 aromatic rings. The summed E-state index contributed by atoms with van der Waals surface area (Å²) in [7, 11) is 1.65. The second-order valence-corrected chi connectivity index (χ2v) is 5.37. The average Bonchev–Trinajstić information content (AvgIpc) is 2.78. The summed E-state index contributed by atoms with van der Waals surface area (Å²) in [5.74, 6) is 0.379. The van der Waals surface area contributed by atoms with Gasteiger partial charge in [0, 0.05) is 4.88 Å². The quantitative estimate of drug-likeness (QED) is 0.879. The van der Waals surface area contributed by atoms with E-state index in [2.05, 4.69) is 0 Å². The molecule has 0 spiro atoms. The molecule has 2 rings (SSSR count). The molecule has 0 unspecified atom stereocenters. The average molecular weight is 276 g/mol. The summed E-state index contributed by atoms with van der Waals surface area (Å²) in [6, 6.07) is 9.72. The van der Waals surface area contributed by atoms with E-state index >= 15 is 0 Å². The highest BCUT2D eigenvalue weighted by Crippen LogP contribution is 2.26. The van der Waals surface area contributed by atoms with Gasteiger partial charge < -0.3 is 16.2 Å². The maximum absolute atomic E-state index is 11.1. The molecule has 0 aliphatic rings. The minimum Gasteiger partial charge on any atom is -0.497 e. The number of benzene rings is 1. The zero-order valence-electron chi connectivity index (χ0n) is 10.7. The minimum absolute atomic E-state index is 0.426. The Morgan fingerprint density at radius 3 is 2.47 bits per heavy atom. The Kier molecular flexibility index (Phi) is 4.06. The highest BCUT2D eigenvalue weighted by Gasteiger charge is 2.10. The van der Waals surface area contributed by atoms with Crippen LogP contribution in [-0.2, 0) is 12.8 Å². The summed E-state index contributed by atoms with van der Waals surface area (Å²) < 4.78 is 5.11. The molecule has 0 radical (unpaired) electrons. The standard InChI is InChI=1S/C14H16N2O2S/c1-18-10-5-2-9(3-6-10)4-7-11-8-12(13(15)17)14(16)19-11/h2-3,5-6,8H,4,7,16H2,1H3,(H2,15,17). The third kappa shape index (κ3) is 3.26. The molecule has 1 amide bonds. The first-order valence-corrected chi connectivity index (χ1v) is 6.72. The van der Waals surface area contributed by atoms with E-state index in [9.17, 15) is 4.79 Å². The Balaban J connectivity index is 2.01. The van der Waals surface area contributed by atoms with Crippen molar-refractivity contribution in [1.29, 1.82) is 0 Å². The lowest BCUT2D eigenvalue weighted by atomic mass is 10.1. The molecule has 0 atom stereocenters. The second-order valence-electron chi connectivity index (χ2n) is 4.20. The number of ether oxygens (including phenoxy) is 1. The van der Waals surface area contributed by atoms with Crippen LogP contribution in [0.25, 0.3) is 0 Å². The topological polar surface area (TPSA) is 78.3 Å². The van der Waals surface area contributed by atoms with Crippen molar-refractivity contribution in [2.75, 3.05) is 12.8 Å². The highest BCUT2D eigenvalue weighted by atomic mass is 32.1. The number of aryl methyl sites for hydroxylation is 2. The van der Waals surface area contributed by atoms with Gasteiger partial charge in [-0.3, -0.25) is 4.79 Å². The Morgan fingerprint density at radius 1 is 1.26 bits per heavy atom. The largest absolute Gasteiger partial charge is 0.497 e. The van der Waals surface area contributed by atoms with Crippen molar-refractivity contribution in [3.05, 3.63) is 46.3 Å². The maximum atomic E-state index is 11.1. The maximum Gasteiger partial charge on any atom is 0.251 e. The Labute approximate surface area is 116 Å². The zero-order valence-corrected chi connectivity index (χ0v) is 11.5. The van der Waals surface area contributed by atoms with Crippen LogP contribution in [0.5, 0.6) is 5.75 Å². The fourth-order valence-corrected chi connectivity index (χ4v) is 2.77. The summed E-state index contributed by atoms with van der Waals surface area (Å²) in [4.78, 5) is 12.2. The number of amides is 1. The summed E-state index contributed by atoms with van der Waals surface area (Å²) >= 11 is 1.42. The third-order valence-corrected chi connectivity index (χ3v) is 3.92. The first-order chi connectivity index (χ1) is 9.10. The van der Waals surface area contributed by atoms with Gasteiger partial charge in [0.2, 0.25) is 0 Å². The zero-order chi connectivity index (χ0) is 13.8. The van der Waals surface area contributed by atoms with Crippen molar-refractivity contribution in [1.82, 2.24) is 0 Å². The van der Waals surface area contributed by atoms with E-state index in [1.54, 1.807) is 13.2 Å². The number of carbonyl (C=O) groups excluding carboxylic acids is 1. The fourth-order valence-electron chi connectivity index (χ4n) is 1.83. The molecular weight excluding hydrogens is 260 g/mol. The molecule has 4 N–H and O–H groups in total. The molecule has 0 saturated carbocycles. The van der Waals surface area contributed by atoms with E-state index in [0.29, 0.717) is 10.6 Å². The van der Waals surface area contributed by atoms with Crippen LogP contribution in [0.15, 0.2) is 30.3 Å². The van der Waals surface area contributed by atoms with E-state index in [-0.39, 0.29) is 0 Å². The Bertz CT molecular complexity index is 576. The normalized spacial score (nSPS) is 10.4. The summed E-state index contributed by atoms with van der Waals surface area (Å²) in [6.45, 7) is 0. The molecule has 0 fully saturated rings. The van der Waals surface area contributed by atoms with Gasteiger partial charge in [0.15, 0.2) is 0 Å². The number of methoxy groups -OCH3 is 1. The number of hydrogen-bond donors (Lipinski definition) is 2. The van der Waals surface area contributed by atoms with Crippen LogP contribution in [0.4, 0.5) is 5.00 Å². The molecule has 0 aliphatic heterocycles. The van der Waals surface area contributed by atoms with Crippen LogP contribution in [0.3, 0.4) is 0 Å². The van der Waals surface area contributed by atoms with E-state index in [0.717, 1.165) is 23.5 Å². The van der Waals surface area contributed by atoms with Crippen molar-refractivity contribution >= 4 is 22.2 Å². The number of anilines is 1. The van der Waals surface area contributed by atoms with Crippen LogP contribution in [0.2, 0.25) is 0 Å². The molecule has 5 heteroatoms. The highest BCUT2D eigenvalue weighted by molar-refractivity contribution is 7.16. The van der Waals surface area contributed by atoms with Crippen molar-refractivity contribution in [2.24, 2.45) is 5.73 Å². The summed E-state index contributed by atoms with van der Waals surface area (Å²) in [5.41, 5.74) is 12.6. The Morgan fingerprint density at radius 2 is 1.95 bits per heavy atom. The molecule has 1 heterocycles. The van der Waals surface area contributed by atoms with E-state index < -0.39 is 5.91 Å². The molecule has 1 aromatic carbocycles. The minimum atomic E-state index is -0.468. The number of thiophene rings is 1. The number of nitrogen functional groups attached to an aromatic ring is 1. The molecular formula is C14H16N2O2S. The van der Waals surface area contributed by atoms with E-state index in [4.69, 9.17) is 16.2 Å². The molecule has 0 aliphatic carbocycles. The van der Waals surface area contributed by atoms with Crippen LogP contribution < -0.4 is 16.2 Å². The molecule has 4 nitrogen and oxygen atoms in total. The van der Waals surface area contributed by atoms with Crippen molar-refractivity contribution in [3.8, 4) is 5.75 Å². The van der Waals surface area contributed by atoms with Gasteiger partial charge in [0.05, 0.1) is 17.7 Å². The predicted octanol–water partition coefficient (Wildman–Crippen LogP) is 2.22. The van der Waals surface area contributed by atoms with Gasteiger partial charge >= 0.3 is 0 Å². The fraction of sp³-hybridized carbons (Fsp3) is 0.214. The first kappa shape index (κ1) is 13.4. The lowest BCUT2D eigenvalue weighted by Gasteiger charge is -2.02. The van der Waals surface area contributed by atoms with Gasteiger partial charge in [-0.2, -0.15) is 0 Å². The van der Waals surface area contributed by atoms with Gasteiger partial charge in [0.25, 0.3) is 5.91 Å². The van der Waals surface area contributed by atoms with Crippen LogP contribution >= 0.6 is 11.3 Å². The molecule has 1 aromatic heterocycles. The predicted molar refractivity (Wildman–Crippen MR) is 77.7 cm³/mol. The van der Waals surface area contributed by atoms with Crippen molar-refractivity contribution in [2.45, 2.75) is 12.8 Å². The molecule has 19 heavy (non-hydrogen) atoms. The van der Waals surface area contributed by atoms with Gasteiger partial charge in [0.1, 0.15) is 5.75 Å². The van der Waals surface area contributed by atoms with Gasteiger partial charge in [-0.15, -0.1) is 11.3 Å². The Hall–Kier alpha value is -2.01. The second kappa shape index (κ2) is 5.75. The summed E-state index contributed by atoms with van der Waals surface area (Å²) in [6.07, 6.45) is 1.73. The molecule has 0 bridgehead atoms. The smallest absolute Gasteiger partial charge is 0.251 e. The van der Waals surface area contributed by atoms with Crippen molar-refractivity contribution < 1.29 is 9.53 Å². The molecule has 100 valence electrons. The van der Waals surface area contributed by atoms with Crippen molar-refractivity contribution in [3.63, 3.8) is 0 Å². The first-order valence-electron chi connectivity index (χ1n) is 5.91. The van der Waals surface area contributed by atoms with Gasteiger partial charge in [-0.1, -0.05) is 12.1 Å². The number of hydrogen-bond acceptors (Lipinski definition) is 4. The third-order valence-electron chi connectivity index (χ3n) is 2.90. The van der Waals surface area contributed by atoms with Crippen LogP contribution in [0.1, 0.15) is 20.8 Å². The number of rotatable bonds is 5. The number of primary amides is 1. The lowest BCUT2D eigenvalue weighted by molar-refractivity contribution is 0.100. The summed E-state index contributed by atoms with van der Waals surface area (Å²) in [5, 5.41) is 0.497. The van der Waals surface area contributed by atoms with Gasteiger partial charge in [-0.05, 0) is 36.6 Å². The molecule has 0 saturated heterocycles. The number of nitrogens with two attached hydrogens (primary N) is 2. The van der Waals surface area contributed by atoms with E-state index in [1.165, 1.54) is 16.9 Å². The van der Waals surface area contributed by atoms with Crippen LogP contribution in [-0.4, -0.2) is 13.0 Å². The van der Waals surface area contributed by atoms with Gasteiger partial charge in [-0.25, -0.2) is 0 Å². The SMILES string of the molecule is COc1ccc(CCc2cc(C(N)=O)c(N)s2)cc1. The number of carbonyl (C=O) groups is 1. The van der Waals surface area contributed by atoms with E-state index in [1.807, 2.05) is 24.3 Å². The monoisotopic (exact) mass is 276 g/mol. The lowest BCUT2D eigenvalue weighted by Crippen LogP contribution is -2.11. The van der Waals surface area contributed by atoms with Crippen LogP contribution in [0, 0.1) is 0 Å².